The first kappa shape index (κ1) is 29.0. The molecule has 0 N–H and O–H groups in total. The monoisotopic (exact) mass is 578 g/mol. The summed E-state index contributed by atoms with van der Waals surface area (Å²) >= 11 is 0. The van der Waals surface area contributed by atoms with Gasteiger partial charge in [-0.15, -0.1) is 0 Å². The summed E-state index contributed by atoms with van der Waals surface area (Å²) in [6.45, 7) is 16.2. The van der Waals surface area contributed by atoms with Crippen molar-refractivity contribution < 1.29 is 4.74 Å². The number of ether oxygens (including phenoxy) is 1. The molecule has 0 amide bonds. The second-order valence-corrected chi connectivity index (χ2v) is 16.9. The molecule has 0 unspecified atom stereocenters. The summed E-state index contributed by atoms with van der Waals surface area (Å²) in [4.78, 5) is 0. The molecular weight excluding hydrogens is 537 g/mol. The molecule has 2 heteroatoms. The lowest BCUT2D eigenvalue weighted by Gasteiger charge is -2.34. The van der Waals surface area contributed by atoms with E-state index in [1.165, 1.54) is 66.4 Å². The fourth-order valence-electron chi connectivity index (χ4n) is 7.24. The van der Waals surface area contributed by atoms with Gasteiger partial charge < -0.3 is 4.74 Å². The molecule has 5 aromatic rings. The second kappa shape index (κ2) is 11.9. The van der Waals surface area contributed by atoms with Gasteiger partial charge in [0.1, 0.15) is 12.4 Å². The molecule has 0 fully saturated rings. The van der Waals surface area contributed by atoms with Crippen molar-refractivity contribution in [2.75, 3.05) is 6.61 Å². The highest BCUT2D eigenvalue weighted by molar-refractivity contribution is 6.92. The van der Waals surface area contributed by atoms with Crippen molar-refractivity contribution >= 4 is 13.3 Å². The van der Waals surface area contributed by atoms with Crippen LogP contribution in [-0.4, -0.2) is 14.7 Å². The number of aryl methyl sites for hydroxylation is 3. The molecule has 1 nitrogen and oxygen atoms in total. The van der Waals surface area contributed by atoms with Gasteiger partial charge in [0.15, 0.2) is 0 Å². The van der Waals surface area contributed by atoms with E-state index in [4.69, 9.17) is 4.74 Å². The molecular formula is C41H42OSi. The van der Waals surface area contributed by atoms with Gasteiger partial charge in [0.2, 0.25) is 0 Å². The fraction of sp³-hybridized carbons (Fsp3) is 0.220. The normalized spacial score (nSPS) is 12.6. The van der Waals surface area contributed by atoms with Crippen LogP contribution in [0, 0.1) is 6.92 Å². The Labute approximate surface area is 258 Å². The first-order chi connectivity index (χ1) is 20.9. The van der Waals surface area contributed by atoms with E-state index in [1.807, 2.05) is 6.08 Å². The van der Waals surface area contributed by atoms with Crippen molar-refractivity contribution in [3.8, 4) is 39.1 Å². The maximum absolute atomic E-state index is 6.40. The van der Waals surface area contributed by atoms with Crippen LogP contribution in [0.1, 0.15) is 47.2 Å². The van der Waals surface area contributed by atoms with Crippen molar-refractivity contribution in [2.45, 2.75) is 52.2 Å². The maximum atomic E-state index is 6.40. The summed E-state index contributed by atoms with van der Waals surface area (Å²) < 4.78 is 6.40. The van der Waals surface area contributed by atoms with E-state index >= 15 is 0 Å². The van der Waals surface area contributed by atoms with Crippen LogP contribution in [0.5, 0.6) is 5.75 Å². The zero-order valence-electron chi connectivity index (χ0n) is 26.2. The highest BCUT2D eigenvalue weighted by Gasteiger charge is 2.44. The molecule has 43 heavy (non-hydrogen) atoms. The van der Waals surface area contributed by atoms with E-state index in [2.05, 4.69) is 144 Å². The fourth-order valence-corrected chi connectivity index (χ4v) is 11.0. The number of fused-ring (bicyclic) bond motifs is 3. The minimum atomic E-state index is -2.23. The average molecular weight is 579 g/mol. The third kappa shape index (κ3) is 5.08. The molecule has 0 spiro atoms. The molecule has 0 radical (unpaired) electrons. The summed E-state index contributed by atoms with van der Waals surface area (Å²) in [5, 5.41) is 1.37. The summed E-state index contributed by atoms with van der Waals surface area (Å²) in [6, 6.07) is 38.9. The molecule has 0 heterocycles. The number of benzene rings is 5. The van der Waals surface area contributed by atoms with Crippen LogP contribution in [0.25, 0.3) is 33.4 Å². The van der Waals surface area contributed by atoms with E-state index in [-0.39, 0.29) is 5.54 Å². The van der Waals surface area contributed by atoms with Crippen molar-refractivity contribution in [3.05, 3.63) is 144 Å². The second-order valence-electron chi connectivity index (χ2n) is 12.3. The molecule has 1 aliphatic carbocycles. The lowest BCUT2D eigenvalue weighted by Crippen LogP contribution is -2.48. The zero-order chi connectivity index (χ0) is 30.1. The molecule has 0 saturated carbocycles. The largest absolute Gasteiger partial charge is 0.489 e. The molecule has 216 valence electrons. The molecule has 6 rings (SSSR count). The van der Waals surface area contributed by atoms with Crippen molar-refractivity contribution in [1.29, 1.82) is 0 Å². The first-order valence-corrected chi connectivity index (χ1v) is 18.7. The molecule has 5 aromatic carbocycles. The molecule has 0 aliphatic heterocycles. The van der Waals surface area contributed by atoms with Gasteiger partial charge in [-0.2, -0.15) is 0 Å². The number of rotatable bonds is 9. The lowest BCUT2D eigenvalue weighted by molar-refractivity contribution is 0.363. The number of hydrogen-bond acceptors (Lipinski definition) is 1. The quantitative estimate of drug-likeness (QED) is 0.125. The standard InChI is InChI=1S/C41H42OSi/c1-7-25-42-40-28(4)15-14-20-39(40)43(5,6)41-37-26-31(33-18-12-10-16-29(33)8-2)21-23-35(37)36-24-22-32(27-38(36)41)34-19-13-11-17-30(34)9-3/h7,10-24,26-27,41H,1,8-9,25H2,2-6H3. The molecule has 0 bridgehead atoms. The van der Waals surface area contributed by atoms with Gasteiger partial charge in [-0.05, 0) is 86.2 Å². The van der Waals surface area contributed by atoms with E-state index < -0.39 is 8.07 Å². The van der Waals surface area contributed by atoms with Gasteiger partial charge >= 0.3 is 0 Å². The minimum Gasteiger partial charge on any atom is -0.489 e. The van der Waals surface area contributed by atoms with Crippen molar-refractivity contribution in [2.24, 2.45) is 0 Å². The summed E-state index contributed by atoms with van der Waals surface area (Å²) in [7, 11) is -2.23. The van der Waals surface area contributed by atoms with Gasteiger partial charge in [-0.25, -0.2) is 0 Å². The maximum Gasteiger partial charge on any atom is 0.121 e. The van der Waals surface area contributed by atoms with Crippen LogP contribution in [-0.2, 0) is 12.8 Å². The van der Waals surface area contributed by atoms with E-state index in [0.717, 1.165) is 18.6 Å². The van der Waals surface area contributed by atoms with Crippen LogP contribution < -0.4 is 9.92 Å². The summed E-state index contributed by atoms with van der Waals surface area (Å²) in [6.07, 6.45) is 3.88. The highest BCUT2D eigenvalue weighted by atomic mass is 28.3. The van der Waals surface area contributed by atoms with Crippen LogP contribution >= 0.6 is 0 Å². The molecule has 1 aliphatic rings. The molecule has 0 atom stereocenters. The van der Waals surface area contributed by atoms with Crippen molar-refractivity contribution in [3.63, 3.8) is 0 Å². The van der Waals surface area contributed by atoms with Crippen LogP contribution in [0.2, 0.25) is 13.1 Å². The number of hydrogen-bond donors (Lipinski definition) is 0. The Morgan fingerprint density at radius 1 is 0.674 bits per heavy atom. The van der Waals surface area contributed by atoms with Crippen LogP contribution in [0.4, 0.5) is 0 Å². The smallest absolute Gasteiger partial charge is 0.121 e. The summed E-state index contributed by atoms with van der Waals surface area (Å²) in [5.41, 5.74) is 15.2. The summed E-state index contributed by atoms with van der Waals surface area (Å²) in [5.74, 6) is 1.04. The minimum absolute atomic E-state index is 0.285. The lowest BCUT2D eigenvalue weighted by atomic mass is 9.94. The van der Waals surface area contributed by atoms with Crippen LogP contribution in [0.3, 0.4) is 0 Å². The van der Waals surface area contributed by atoms with Gasteiger partial charge in [0.25, 0.3) is 0 Å². The average Bonchev–Trinajstić information content (AvgIpc) is 3.37. The van der Waals surface area contributed by atoms with E-state index in [0.29, 0.717) is 6.61 Å². The Bertz CT molecular complexity index is 1710. The Kier molecular flexibility index (Phi) is 7.98. The predicted octanol–water partition coefficient (Wildman–Crippen LogP) is 10.3. The van der Waals surface area contributed by atoms with Crippen LogP contribution in [0.15, 0.2) is 116 Å². The SMILES string of the molecule is C=CCOc1c(C)cccc1[Si](C)(C)C1c2cc(-c3ccccc3CC)ccc2-c2ccc(-c3ccccc3CC)cc21. The molecule has 0 aromatic heterocycles. The molecule has 0 saturated heterocycles. The highest BCUT2D eigenvalue weighted by Crippen LogP contribution is 2.51. The Hall–Kier alpha value is -4.14. The zero-order valence-corrected chi connectivity index (χ0v) is 27.2. The Balaban J connectivity index is 1.59. The topological polar surface area (TPSA) is 9.23 Å². The van der Waals surface area contributed by atoms with Gasteiger partial charge in [-0.1, -0.05) is 143 Å². The Morgan fingerprint density at radius 2 is 1.21 bits per heavy atom. The van der Waals surface area contributed by atoms with Gasteiger partial charge in [-0.3, -0.25) is 0 Å². The predicted molar refractivity (Wildman–Crippen MR) is 187 cm³/mol. The number of para-hydroxylation sites is 1. The van der Waals surface area contributed by atoms with Crippen molar-refractivity contribution in [1.82, 2.24) is 0 Å². The third-order valence-electron chi connectivity index (χ3n) is 9.41. The van der Waals surface area contributed by atoms with E-state index in [1.54, 1.807) is 0 Å². The van der Waals surface area contributed by atoms with E-state index in [9.17, 15) is 0 Å². The first-order valence-electron chi connectivity index (χ1n) is 15.7. The Morgan fingerprint density at radius 3 is 1.72 bits per heavy atom. The van der Waals surface area contributed by atoms with Gasteiger partial charge in [0.05, 0.1) is 8.07 Å². The third-order valence-corrected chi connectivity index (χ3v) is 13.3. The van der Waals surface area contributed by atoms with Gasteiger partial charge in [0, 0.05) is 5.54 Å².